The lowest BCUT2D eigenvalue weighted by Gasteiger charge is -2.30. The molecule has 0 amide bonds. The van der Waals surface area contributed by atoms with Crippen LogP contribution in [0.2, 0.25) is 0 Å². The highest BCUT2D eigenvalue weighted by atomic mass is 79.9. The van der Waals surface area contributed by atoms with Gasteiger partial charge in [-0.15, -0.1) is 0 Å². The van der Waals surface area contributed by atoms with Gasteiger partial charge in [0.1, 0.15) is 17.3 Å². The van der Waals surface area contributed by atoms with Crippen LogP contribution in [-0.2, 0) is 16.6 Å². The Bertz CT molecular complexity index is 549. The molecule has 0 aromatic carbocycles. The third-order valence-electron chi connectivity index (χ3n) is 3.26. The van der Waals surface area contributed by atoms with Gasteiger partial charge < -0.3 is 9.52 Å². The summed E-state index contributed by atoms with van der Waals surface area (Å²) in [6.07, 6.45) is 1.70. The van der Waals surface area contributed by atoms with Crippen molar-refractivity contribution >= 4 is 26.0 Å². The molecule has 7 heteroatoms. The normalized spacial score (nSPS) is 20.4. The van der Waals surface area contributed by atoms with Gasteiger partial charge in [-0.3, -0.25) is 0 Å². The molecule has 0 unspecified atom stereocenters. The first-order valence-electron chi connectivity index (χ1n) is 5.71. The summed E-state index contributed by atoms with van der Waals surface area (Å²) in [7, 11) is -3.58. The van der Waals surface area contributed by atoms with Gasteiger partial charge in [0.25, 0.3) is 0 Å². The van der Waals surface area contributed by atoms with Crippen molar-refractivity contribution in [2.24, 2.45) is 0 Å². The van der Waals surface area contributed by atoms with Crippen LogP contribution in [0, 0.1) is 0 Å². The van der Waals surface area contributed by atoms with Gasteiger partial charge in [-0.05, 0) is 42.6 Å². The number of rotatable bonds is 3. The second-order valence-electron chi connectivity index (χ2n) is 5.00. The van der Waals surface area contributed by atoms with Crippen LogP contribution in [0.3, 0.4) is 0 Å². The van der Waals surface area contributed by atoms with Crippen molar-refractivity contribution in [3.8, 4) is 0 Å². The molecule has 1 N–H and O–H groups in total. The average Bonchev–Trinajstić information content (AvgIpc) is 2.81. The highest BCUT2D eigenvalue weighted by Crippen LogP contribution is 2.37. The van der Waals surface area contributed by atoms with E-state index in [1.807, 2.05) is 13.8 Å². The smallest absolute Gasteiger partial charge is 0.247 e. The maximum atomic E-state index is 12.6. The largest absolute Gasteiger partial charge is 0.450 e. The number of nitrogens with zero attached hydrogens (tertiary/aromatic N) is 1. The summed E-state index contributed by atoms with van der Waals surface area (Å²) in [4.78, 5) is 0.0847. The zero-order valence-corrected chi connectivity index (χ0v) is 12.7. The topological polar surface area (TPSA) is 70.8 Å². The number of hydrogen-bond donors (Lipinski definition) is 1. The van der Waals surface area contributed by atoms with Crippen molar-refractivity contribution in [1.29, 1.82) is 0 Å². The molecule has 5 nitrogen and oxygen atoms in total. The van der Waals surface area contributed by atoms with Crippen LogP contribution >= 0.6 is 15.9 Å². The predicted octanol–water partition coefficient (Wildman–Crippen LogP) is 2.10. The number of furan rings is 1. The monoisotopic (exact) mass is 337 g/mol. The molecule has 0 radical (unpaired) electrons. The molecule has 18 heavy (non-hydrogen) atoms. The van der Waals surface area contributed by atoms with E-state index in [-0.39, 0.29) is 27.5 Å². The fourth-order valence-electron chi connectivity index (χ4n) is 2.30. The van der Waals surface area contributed by atoms with Crippen molar-refractivity contribution in [3.63, 3.8) is 0 Å². The Morgan fingerprint density at radius 1 is 1.56 bits per heavy atom. The SMILES string of the molecule is CC1(C)CCCN1S(=O)(=O)c1cc(CO)oc1Br. The summed E-state index contributed by atoms with van der Waals surface area (Å²) in [5.74, 6) is 0.234. The number of sulfonamides is 1. The zero-order chi connectivity index (χ0) is 13.6. The lowest BCUT2D eigenvalue weighted by atomic mass is 10.0. The molecule has 1 fully saturated rings. The van der Waals surface area contributed by atoms with E-state index in [0.717, 1.165) is 12.8 Å². The molecule has 1 aromatic rings. The molecule has 0 bridgehead atoms. The molecular weight excluding hydrogens is 322 g/mol. The number of aliphatic hydroxyl groups excluding tert-OH is 1. The summed E-state index contributed by atoms with van der Waals surface area (Å²) < 4.78 is 31.9. The molecule has 0 spiro atoms. The molecule has 1 aromatic heterocycles. The van der Waals surface area contributed by atoms with Crippen LogP contribution in [0.4, 0.5) is 0 Å². The molecule has 1 saturated heterocycles. The Morgan fingerprint density at radius 3 is 2.67 bits per heavy atom. The van der Waals surface area contributed by atoms with E-state index in [2.05, 4.69) is 15.9 Å². The van der Waals surface area contributed by atoms with Crippen molar-refractivity contribution in [2.75, 3.05) is 6.54 Å². The maximum absolute atomic E-state index is 12.6. The van der Waals surface area contributed by atoms with E-state index in [1.54, 1.807) is 0 Å². The predicted molar refractivity (Wildman–Crippen MR) is 69.5 cm³/mol. The van der Waals surface area contributed by atoms with E-state index in [4.69, 9.17) is 9.52 Å². The van der Waals surface area contributed by atoms with Gasteiger partial charge in [0.2, 0.25) is 10.0 Å². The number of hydrogen-bond acceptors (Lipinski definition) is 4. The Balaban J connectivity index is 2.45. The van der Waals surface area contributed by atoms with Gasteiger partial charge >= 0.3 is 0 Å². The molecule has 1 aliphatic rings. The fraction of sp³-hybridized carbons (Fsp3) is 0.636. The molecule has 0 atom stereocenters. The molecular formula is C11H16BrNO4S. The zero-order valence-electron chi connectivity index (χ0n) is 10.3. The van der Waals surface area contributed by atoms with E-state index in [1.165, 1.54) is 10.4 Å². The summed E-state index contributed by atoms with van der Waals surface area (Å²) >= 11 is 3.09. The van der Waals surface area contributed by atoms with Crippen LogP contribution < -0.4 is 0 Å². The summed E-state index contributed by atoms with van der Waals surface area (Å²) in [6, 6.07) is 1.37. The lowest BCUT2D eigenvalue weighted by Crippen LogP contribution is -2.42. The summed E-state index contributed by atoms with van der Waals surface area (Å²) in [5, 5.41) is 8.99. The molecule has 102 valence electrons. The average molecular weight is 338 g/mol. The first-order valence-corrected chi connectivity index (χ1v) is 7.94. The van der Waals surface area contributed by atoms with Crippen molar-refractivity contribution < 1.29 is 17.9 Å². The van der Waals surface area contributed by atoms with Crippen LogP contribution in [-0.4, -0.2) is 29.9 Å². The molecule has 1 aliphatic heterocycles. The van der Waals surface area contributed by atoms with Crippen LogP contribution in [0.5, 0.6) is 0 Å². The van der Waals surface area contributed by atoms with Crippen molar-refractivity contribution in [2.45, 2.75) is 43.7 Å². The highest BCUT2D eigenvalue weighted by Gasteiger charge is 2.42. The summed E-state index contributed by atoms with van der Waals surface area (Å²) in [5.41, 5.74) is -0.380. The van der Waals surface area contributed by atoms with Crippen LogP contribution in [0.15, 0.2) is 20.0 Å². The standard InChI is InChI=1S/C11H16BrNO4S/c1-11(2)4-3-5-13(11)18(15,16)9-6-8(7-14)17-10(9)12/h6,14H,3-5,7H2,1-2H3. The van der Waals surface area contributed by atoms with Gasteiger partial charge in [0.05, 0.1) is 0 Å². The molecule has 0 saturated carbocycles. The summed E-state index contributed by atoms with van der Waals surface area (Å²) in [6.45, 7) is 4.02. The Kier molecular flexibility index (Phi) is 3.61. The second-order valence-corrected chi connectivity index (χ2v) is 7.55. The number of halogens is 1. The second kappa shape index (κ2) is 4.63. The Morgan fingerprint density at radius 2 is 2.22 bits per heavy atom. The van der Waals surface area contributed by atoms with Crippen LogP contribution in [0.1, 0.15) is 32.4 Å². The first kappa shape index (κ1) is 14.0. The Labute approximate surface area is 115 Å². The van der Waals surface area contributed by atoms with Crippen LogP contribution in [0.25, 0.3) is 0 Å². The number of aliphatic hydroxyl groups is 1. The van der Waals surface area contributed by atoms with Gasteiger partial charge in [-0.25, -0.2) is 8.42 Å². The minimum Gasteiger partial charge on any atom is -0.450 e. The molecule has 2 heterocycles. The van der Waals surface area contributed by atoms with E-state index in [9.17, 15) is 8.42 Å². The van der Waals surface area contributed by atoms with Gasteiger partial charge in [-0.2, -0.15) is 4.31 Å². The highest BCUT2D eigenvalue weighted by molar-refractivity contribution is 9.10. The third kappa shape index (κ3) is 2.24. The van der Waals surface area contributed by atoms with Gasteiger partial charge in [0.15, 0.2) is 4.67 Å². The molecule has 0 aliphatic carbocycles. The minimum atomic E-state index is -3.58. The first-order chi connectivity index (χ1) is 8.29. The third-order valence-corrected chi connectivity index (χ3v) is 6.22. The lowest BCUT2D eigenvalue weighted by molar-refractivity contribution is 0.244. The van der Waals surface area contributed by atoms with Gasteiger partial charge in [-0.1, -0.05) is 0 Å². The quantitative estimate of drug-likeness (QED) is 0.916. The fourth-order valence-corrected chi connectivity index (χ4v) is 5.11. The van der Waals surface area contributed by atoms with E-state index in [0.29, 0.717) is 6.54 Å². The van der Waals surface area contributed by atoms with E-state index < -0.39 is 10.0 Å². The Hall–Kier alpha value is -0.370. The van der Waals surface area contributed by atoms with Gasteiger partial charge in [0, 0.05) is 18.2 Å². The molecule has 2 rings (SSSR count). The van der Waals surface area contributed by atoms with E-state index >= 15 is 0 Å². The van der Waals surface area contributed by atoms with Crippen molar-refractivity contribution in [3.05, 3.63) is 16.5 Å². The minimum absolute atomic E-state index is 0.0847. The van der Waals surface area contributed by atoms with Crippen molar-refractivity contribution in [1.82, 2.24) is 4.31 Å². The maximum Gasteiger partial charge on any atom is 0.247 e.